The van der Waals surface area contributed by atoms with Gasteiger partial charge in [-0.25, -0.2) is 14.8 Å². The molecular formula is C20H27N3O4. The van der Waals surface area contributed by atoms with E-state index in [4.69, 9.17) is 14.2 Å². The fourth-order valence-corrected chi connectivity index (χ4v) is 2.64. The normalized spacial score (nSPS) is 10.6. The highest BCUT2D eigenvalue weighted by molar-refractivity contribution is 5.90. The van der Waals surface area contributed by atoms with Crippen molar-refractivity contribution in [1.82, 2.24) is 9.97 Å². The van der Waals surface area contributed by atoms with E-state index in [2.05, 4.69) is 15.3 Å². The molecule has 0 fully saturated rings. The van der Waals surface area contributed by atoms with Crippen LogP contribution in [0.15, 0.2) is 24.4 Å². The highest BCUT2D eigenvalue weighted by Crippen LogP contribution is 2.27. The van der Waals surface area contributed by atoms with Gasteiger partial charge in [0.2, 0.25) is 5.95 Å². The lowest BCUT2D eigenvalue weighted by Crippen LogP contribution is -2.15. The number of ether oxygens (including phenoxy) is 3. The van der Waals surface area contributed by atoms with E-state index in [0.29, 0.717) is 41.9 Å². The van der Waals surface area contributed by atoms with Crippen LogP contribution in [0.4, 0.5) is 5.95 Å². The maximum absolute atomic E-state index is 12.0. The summed E-state index contributed by atoms with van der Waals surface area (Å²) in [4.78, 5) is 20.8. The van der Waals surface area contributed by atoms with E-state index in [1.807, 2.05) is 32.0 Å². The molecule has 7 heteroatoms. The fourth-order valence-electron chi connectivity index (χ4n) is 2.64. The lowest BCUT2D eigenvalue weighted by atomic mass is 10.1. The Labute approximate surface area is 160 Å². The summed E-state index contributed by atoms with van der Waals surface area (Å²) in [5.41, 5.74) is 2.20. The van der Waals surface area contributed by atoms with Gasteiger partial charge in [-0.05, 0) is 37.0 Å². The number of hydrogen-bond acceptors (Lipinski definition) is 7. The van der Waals surface area contributed by atoms with E-state index in [1.54, 1.807) is 21.1 Å². The number of hydrogen-bond donors (Lipinski definition) is 1. The van der Waals surface area contributed by atoms with Crippen molar-refractivity contribution in [2.45, 2.75) is 33.1 Å². The molecule has 0 aliphatic carbocycles. The van der Waals surface area contributed by atoms with Crippen molar-refractivity contribution in [3.63, 3.8) is 0 Å². The van der Waals surface area contributed by atoms with Gasteiger partial charge in [0.15, 0.2) is 11.5 Å². The van der Waals surface area contributed by atoms with Crippen LogP contribution in [0.3, 0.4) is 0 Å². The van der Waals surface area contributed by atoms with Crippen LogP contribution < -0.4 is 14.8 Å². The predicted octanol–water partition coefficient (Wildman–Crippen LogP) is 3.45. The van der Waals surface area contributed by atoms with Crippen molar-refractivity contribution in [2.75, 3.05) is 32.7 Å². The van der Waals surface area contributed by atoms with Crippen LogP contribution in [0.5, 0.6) is 11.5 Å². The first-order valence-electron chi connectivity index (χ1n) is 8.98. The molecule has 2 rings (SSSR count). The van der Waals surface area contributed by atoms with E-state index in [0.717, 1.165) is 12.0 Å². The number of nitrogens with zero attached hydrogens (tertiary/aromatic N) is 2. The monoisotopic (exact) mass is 373 g/mol. The molecule has 0 spiro atoms. The number of nitrogens with one attached hydrogen (secondary N) is 1. The molecule has 7 nitrogen and oxygen atoms in total. The number of carbonyl (C=O) groups excluding carboxylic acids is 1. The molecule has 0 aliphatic rings. The number of anilines is 1. The van der Waals surface area contributed by atoms with Crippen LogP contribution in [0, 0.1) is 0 Å². The third kappa shape index (κ3) is 5.32. The summed E-state index contributed by atoms with van der Waals surface area (Å²) in [6.07, 6.45) is 2.29. The van der Waals surface area contributed by atoms with Crippen molar-refractivity contribution in [3.8, 4) is 11.5 Å². The second kappa shape index (κ2) is 9.75. The van der Waals surface area contributed by atoms with Crippen LogP contribution in [-0.2, 0) is 11.2 Å². The summed E-state index contributed by atoms with van der Waals surface area (Å²) in [5.74, 6) is 1.59. The number of aromatic nitrogens is 2. The van der Waals surface area contributed by atoms with Crippen LogP contribution in [-0.4, -0.2) is 43.3 Å². The minimum Gasteiger partial charge on any atom is -0.493 e. The van der Waals surface area contributed by atoms with Gasteiger partial charge in [0.05, 0.1) is 32.1 Å². The summed E-state index contributed by atoms with van der Waals surface area (Å²) < 4.78 is 15.7. The second-order valence-corrected chi connectivity index (χ2v) is 6.23. The van der Waals surface area contributed by atoms with Gasteiger partial charge in [-0.1, -0.05) is 19.9 Å². The zero-order valence-electron chi connectivity index (χ0n) is 16.5. The van der Waals surface area contributed by atoms with Crippen molar-refractivity contribution in [3.05, 3.63) is 41.2 Å². The Kier molecular flexibility index (Phi) is 7.40. The van der Waals surface area contributed by atoms with Crippen LogP contribution in [0.25, 0.3) is 0 Å². The largest absolute Gasteiger partial charge is 0.493 e. The number of esters is 1. The summed E-state index contributed by atoms with van der Waals surface area (Å²) >= 11 is 0. The first-order valence-corrected chi connectivity index (χ1v) is 8.98. The maximum Gasteiger partial charge on any atom is 0.341 e. The third-order valence-corrected chi connectivity index (χ3v) is 4.01. The standard InChI is InChI=1S/C20H27N3O4/c1-6-27-19(24)15-12-22-20(23-18(15)13(2)3)21-10-9-14-7-8-16(25-4)17(11-14)26-5/h7-8,11-13H,6,9-10H2,1-5H3,(H,21,22,23). The Morgan fingerprint density at radius 3 is 2.56 bits per heavy atom. The Balaban J connectivity index is 2.05. The smallest absolute Gasteiger partial charge is 0.341 e. The number of benzene rings is 1. The highest BCUT2D eigenvalue weighted by Gasteiger charge is 2.18. The zero-order chi connectivity index (χ0) is 19.8. The molecule has 2 aromatic rings. The van der Waals surface area contributed by atoms with E-state index >= 15 is 0 Å². The molecule has 0 unspecified atom stereocenters. The number of carbonyl (C=O) groups is 1. The molecule has 1 aromatic carbocycles. The molecule has 0 saturated heterocycles. The molecule has 0 amide bonds. The number of rotatable bonds is 9. The third-order valence-electron chi connectivity index (χ3n) is 4.01. The van der Waals surface area contributed by atoms with E-state index in [9.17, 15) is 4.79 Å². The average molecular weight is 373 g/mol. The van der Waals surface area contributed by atoms with Crippen LogP contribution in [0.2, 0.25) is 0 Å². The van der Waals surface area contributed by atoms with Crippen LogP contribution >= 0.6 is 0 Å². The molecule has 1 heterocycles. The molecule has 1 aromatic heterocycles. The van der Waals surface area contributed by atoms with Crippen molar-refractivity contribution >= 4 is 11.9 Å². The molecular weight excluding hydrogens is 346 g/mol. The molecule has 0 bridgehead atoms. The Bertz CT molecular complexity index is 778. The van der Waals surface area contributed by atoms with Gasteiger partial charge in [0.25, 0.3) is 0 Å². The molecule has 0 saturated carbocycles. The van der Waals surface area contributed by atoms with E-state index in [1.165, 1.54) is 6.20 Å². The maximum atomic E-state index is 12.0. The van der Waals surface area contributed by atoms with Gasteiger partial charge in [-0.15, -0.1) is 0 Å². The minimum atomic E-state index is -0.391. The highest BCUT2D eigenvalue weighted by atomic mass is 16.5. The minimum absolute atomic E-state index is 0.0822. The fraction of sp³-hybridized carbons (Fsp3) is 0.450. The molecule has 27 heavy (non-hydrogen) atoms. The average Bonchev–Trinajstić information content (AvgIpc) is 2.67. The van der Waals surface area contributed by atoms with Gasteiger partial charge < -0.3 is 19.5 Å². The second-order valence-electron chi connectivity index (χ2n) is 6.23. The van der Waals surface area contributed by atoms with Crippen LogP contribution in [0.1, 0.15) is 48.3 Å². The SMILES string of the molecule is CCOC(=O)c1cnc(NCCc2ccc(OC)c(OC)c2)nc1C(C)C. The molecule has 146 valence electrons. The predicted molar refractivity (Wildman–Crippen MR) is 104 cm³/mol. The first-order chi connectivity index (χ1) is 13.0. The van der Waals surface area contributed by atoms with Gasteiger partial charge in [0.1, 0.15) is 0 Å². The van der Waals surface area contributed by atoms with Crippen molar-refractivity contribution in [2.24, 2.45) is 0 Å². The summed E-state index contributed by atoms with van der Waals surface area (Å²) in [6.45, 7) is 6.71. The molecule has 1 N–H and O–H groups in total. The summed E-state index contributed by atoms with van der Waals surface area (Å²) in [7, 11) is 3.23. The Morgan fingerprint density at radius 1 is 1.19 bits per heavy atom. The molecule has 0 radical (unpaired) electrons. The summed E-state index contributed by atoms with van der Waals surface area (Å²) in [6, 6.07) is 5.83. The zero-order valence-corrected chi connectivity index (χ0v) is 16.5. The molecule has 0 atom stereocenters. The summed E-state index contributed by atoms with van der Waals surface area (Å²) in [5, 5.41) is 3.21. The van der Waals surface area contributed by atoms with Gasteiger partial charge in [-0.3, -0.25) is 0 Å². The van der Waals surface area contributed by atoms with E-state index < -0.39 is 5.97 Å². The Hall–Kier alpha value is -2.83. The number of methoxy groups -OCH3 is 2. The lowest BCUT2D eigenvalue weighted by molar-refractivity contribution is 0.0523. The van der Waals surface area contributed by atoms with Gasteiger partial charge in [0, 0.05) is 12.7 Å². The quantitative estimate of drug-likeness (QED) is 0.674. The Morgan fingerprint density at radius 2 is 1.93 bits per heavy atom. The topological polar surface area (TPSA) is 82.6 Å². The lowest BCUT2D eigenvalue weighted by Gasteiger charge is -2.13. The van der Waals surface area contributed by atoms with Crippen molar-refractivity contribution in [1.29, 1.82) is 0 Å². The van der Waals surface area contributed by atoms with Gasteiger partial charge >= 0.3 is 5.97 Å². The molecule has 0 aliphatic heterocycles. The van der Waals surface area contributed by atoms with Gasteiger partial charge in [-0.2, -0.15) is 0 Å². The van der Waals surface area contributed by atoms with E-state index in [-0.39, 0.29) is 5.92 Å². The first kappa shape index (κ1) is 20.5. The van der Waals surface area contributed by atoms with Crippen molar-refractivity contribution < 1.29 is 19.0 Å².